The number of anilines is 1. The fourth-order valence-corrected chi connectivity index (χ4v) is 3.47. The first-order chi connectivity index (χ1) is 15.2. The van der Waals surface area contributed by atoms with E-state index in [0.29, 0.717) is 5.69 Å². The van der Waals surface area contributed by atoms with E-state index in [-0.39, 0.29) is 30.1 Å². The van der Waals surface area contributed by atoms with Gasteiger partial charge in [-0.15, -0.1) is 24.0 Å². The lowest BCUT2D eigenvalue weighted by Crippen LogP contribution is -2.39. The first-order valence-corrected chi connectivity index (χ1v) is 11.8. The highest BCUT2D eigenvalue weighted by Gasteiger charge is 2.17. The van der Waals surface area contributed by atoms with Crippen molar-refractivity contribution in [3.8, 4) is 0 Å². The number of nitrogens with one attached hydrogen (secondary N) is 3. The summed E-state index contributed by atoms with van der Waals surface area (Å²) in [5.41, 5.74) is 1.38. The van der Waals surface area contributed by atoms with Crippen molar-refractivity contribution >= 4 is 41.7 Å². The van der Waals surface area contributed by atoms with E-state index >= 15 is 0 Å². The molecule has 1 aromatic carbocycles. The van der Waals surface area contributed by atoms with Gasteiger partial charge in [0.25, 0.3) is 0 Å². The van der Waals surface area contributed by atoms with Crippen molar-refractivity contribution in [3.05, 3.63) is 29.8 Å². The molecule has 1 aliphatic rings. The maximum atomic E-state index is 11.9. The fraction of sp³-hybridized carbons (Fsp3) is 0.667. The molecule has 188 valence electrons. The molecule has 0 saturated carbocycles. The van der Waals surface area contributed by atoms with Crippen LogP contribution in [0.4, 0.5) is 10.5 Å². The first-order valence-electron chi connectivity index (χ1n) is 11.8. The number of aliphatic imine (C=N–C) groups is 1. The van der Waals surface area contributed by atoms with Gasteiger partial charge in [0.2, 0.25) is 0 Å². The Morgan fingerprint density at radius 2 is 1.85 bits per heavy atom. The summed E-state index contributed by atoms with van der Waals surface area (Å²) < 4.78 is 5.27. The number of aliphatic hydroxyl groups is 1. The number of carbonyl (C=O) groups is 1. The van der Waals surface area contributed by atoms with Gasteiger partial charge in [-0.1, -0.05) is 12.1 Å². The number of rotatable bonds is 9. The van der Waals surface area contributed by atoms with E-state index in [9.17, 15) is 9.90 Å². The maximum absolute atomic E-state index is 11.9. The van der Waals surface area contributed by atoms with Crippen LogP contribution in [0, 0.1) is 0 Å². The number of halogens is 1. The number of aliphatic hydroxyl groups excluding tert-OH is 1. The molecule has 1 aliphatic heterocycles. The van der Waals surface area contributed by atoms with Gasteiger partial charge in [0, 0.05) is 38.4 Å². The lowest BCUT2D eigenvalue weighted by atomic mass is 10.1. The molecular weight excluding hydrogens is 533 g/mol. The highest BCUT2D eigenvalue weighted by atomic mass is 127. The number of carbonyl (C=O) groups excluding carboxylic acids is 1. The Morgan fingerprint density at radius 3 is 2.45 bits per heavy atom. The van der Waals surface area contributed by atoms with E-state index in [0.717, 1.165) is 70.9 Å². The normalized spacial score (nSPS) is 15.5. The van der Waals surface area contributed by atoms with Crippen LogP contribution < -0.4 is 16.0 Å². The number of ether oxygens (including phenoxy) is 1. The summed E-state index contributed by atoms with van der Waals surface area (Å²) in [7, 11) is 0. The Bertz CT molecular complexity index is 714. The second kappa shape index (κ2) is 15.3. The number of hydrogen-bond donors (Lipinski definition) is 4. The summed E-state index contributed by atoms with van der Waals surface area (Å²) in [5, 5.41) is 19.0. The molecule has 9 heteroatoms. The molecule has 0 bridgehead atoms. The molecule has 0 atom stereocenters. The number of piperidine rings is 1. The van der Waals surface area contributed by atoms with Crippen LogP contribution in [0.5, 0.6) is 0 Å². The zero-order valence-corrected chi connectivity index (χ0v) is 22.9. The van der Waals surface area contributed by atoms with Crippen LogP contribution in [-0.4, -0.2) is 73.0 Å². The SMILES string of the molecule is CCNC(=NCCCN1CCC(O)CC1)NCCc1ccc(NC(=O)OC(C)(C)C)cc1.I. The predicted molar refractivity (Wildman–Crippen MR) is 146 cm³/mol. The van der Waals surface area contributed by atoms with Crippen LogP contribution in [0.2, 0.25) is 0 Å². The molecule has 1 amide bonds. The molecule has 0 aromatic heterocycles. The molecule has 4 N–H and O–H groups in total. The zero-order chi connectivity index (χ0) is 23.4. The lowest BCUT2D eigenvalue weighted by Gasteiger charge is -2.29. The first kappa shape index (κ1) is 29.4. The molecule has 1 fully saturated rings. The highest BCUT2D eigenvalue weighted by molar-refractivity contribution is 14.0. The van der Waals surface area contributed by atoms with Crippen molar-refractivity contribution < 1.29 is 14.6 Å². The van der Waals surface area contributed by atoms with Crippen molar-refractivity contribution in [2.45, 2.75) is 65.1 Å². The van der Waals surface area contributed by atoms with Crippen LogP contribution in [0.15, 0.2) is 29.3 Å². The second-order valence-corrected chi connectivity index (χ2v) is 9.19. The van der Waals surface area contributed by atoms with Crippen LogP contribution >= 0.6 is 24.0 Å². The number of hydrogen-bond acceptors (Lipinski definition) is 5. The molecular formula is C24H42IN5O3. The van der Waals surface area contributed by atoms with E-state index in [2.05, 4.69) is 32.8 Å². The van der Waals surface area contributed by atoms with E-state index in [1.54, 1.807) is 0 Å². The summed E-state index contributed by atoms with van der Waals surface area (Å²) >= 11 is 0. The number of nitrogens with zero attached hydrogens (tertiary/aromatic N) is 2. The highest BCUT2D eigenvalue weighted by Crippen LogP contribution is 2.13. The second-order valence-electron chi connectivity index (χ2n) is 9.19. The third-order valence-electron chi connectivity index (χ3n) is 5.11. The summed E-state index contributed by atoms with van der Waals surface area (Å²) in [5.74, 6) is 0.838. The third kappa shape index (κ3) is 13.0. The van der Waals surface area contributed by atoms with E-state index in [1.165, 1.54) is 5.56 Å². The Morgan fingerprint density at radius 1 is 1.18 bits per heavy atom. The molecule has 1 saturated heterocycles. The van der Waals surface area contributed by atoms with Crippen molar-refractivity contribution in [2.75, 3.05) is 44.6 Å². The molecule has 2 rings (SSSR count). The summed E-state index contributed by atoms with van der Waals surface area (Å²) in [4.78, 5) is 18.9. The molecule has 0 aliphatic carbocycles. The van der Waals surface area contributed by atoms with Gasteiger partial charge in [0.1, 0.15) is 5.60 Å². The average Bonchev–Trinajstić information content (AvgIpc) is 2.72. The molecule has 0 radical (unpaired) electrons. The third-order valence-corrected chi connectivity index (χ3v) is 5.11. The Hall–Kier alpha value is -1.59. The Balaban J connectivity index is 0.00000544. The number of benzene rings is 1. The summed E-state index contributed by atoms with van der Waals surface area (Å²) in [6, 6.07) is 7.79. The van der Waals surface area contributed by atoms with Crippen LogP contribution in [0.25, 0.3) is 0 Å². The zero-order valence-electron chi connectivity index (χ0n) is 20.5. The van der Waals surface area contributed by atoms with Gasteiger partial charge >= 0.3 is 6.09 Å². The van der Waals surface area contributed by atoms with Gasteiger partial charge in [0.15, 0.2) is 5.96 Å². The van der Waals surface area contributed by atoms with Gasteiger partial charge in [-0.25, -0.2) is 4.79 Å². The van der Waals surface area contributed by atoms with Crippen LogP contribution in [0.3, 0.4) is 0 Å². The standard InChI is InChI=1S/C24H41N5O3.HI/c1-5-25-22(26-14-6-16-29-17-12-21(30)13-18-29)27-15-11-19-7-9-20(10-8-19)28-23(31)32-24(2,3)4;/h7-10,21,30H,5-6,11-18H2,1-4H3,(H,28,31)(H2,25,26,27);1H. The van der Waals surface area contributed by atoms with E-state index in [1.807, 2.05) is 45.0 Å². The van der Waals surface area contributed by atoms with Crippen molar-refractivity contribution in [3.63, 3.8) is 0 Å². The smallest absolute Gasteiger partial charge is 0.412 e. The van der Waals surface area contributed by atoms with Crippen molar-refractivity contribution in [2.24, 2.45) is 4.99 Å². The molecule has 8 nitrogen and oxygen atoms in total. The van der Waals surface area contributed by atoms with Gasteiger partial charge in [-0.05, 0) is 77.6 Å². The summed E-state index contributed by atoms with van der Waals surface area (Å²) in [6.45, 7) is 12.9. The monoisotopic (exact) mass is 575 g/mol. The number of likely N-dealkylation sites (tertiary alicyclic amines) is 1. The van der Waals surface area contributed by atoms with Gasteiger partial charge in [-0.2, -0.15) is 0 Å². The molecule has 1 aromatic rings. The lowest BCUT2D eigenvalue weighted by molar-refractivity contribution is 0.0636. The van der Waals surface area contributed by atoms with Crippen LogP contribution in [0.1, 0.15) is 52.5 Å². The number of guanidine groups is 1. The van der Waals surface area contributed by atoms with Crippen molar-refractivity contribution in [1.29, 1.82) is 0 Å². The minimum atomic E-state index is -0.515. The van der Waals surface area contributed by atoms with E-state index in [4.69, 9.17) is 4.74 Å². The minimum Gasteiger partial charge on any atom is -0.444 e. The molecule has 0 unspecified atom stereocenters. The largest absolute Gasteiger partial charge is 0.444 e. The predicted octanol–water partition coefficient (Wildman–Crippen LogP) is 3.60. The minimum absolute atomic E-state index is 0. The molecule has 1 heterocycles. The van der Waals surface area contributed by atoms with Crippen LogP contribution in [-0.2, 0) is 11.2 Å². The Labute approximate surface area is 216 Å². The molecule has 33 heavy (non-hydrogen) atoms. The number of amides is 1. The van der Waals surface area contributed by atoms with Gasteiger partial charge < -0.3 is 25.4 Å². The maximum Gasteiger partial charge on any atom is 0.412 e. The van der Waals surface area contributed by atoms with Crippen molar-refractivity contribution in [1.82, 2.24) is 15.5 Å². The summed E-state index contributed by atoms with van der Waals surface area (Å²) in [6.07, 6.45) is 3.06. The Kier molecular flexibility index (Phi) is 13.7. The van der Waals surface area contributed by atoms with Gasteiger partial charge in [0.05, 0.1) is 6.10 Å². The fourth-order valence-electron chi connectivity index (χ4n) is 3.47. The molecule has 0 spiro atoms. The quantitative estimate of drug-likeness (QED) is 0.156. The van der Waals surface area contributed by atoms with Gasteiger partial charge in [-0.3, -0.25) is 10.3 Å². The topological polar surface area (TPSA) is 98.2 Å². The average molecular weight is 576 g/mol. The van der Waals surface area contributed by atoms with E-state index < -0.39 is 11.7 Å².